The first-order valence-electron chi connectivity index (χ1n) is 11.4. The number of carbonyl (C=O) groups is 2. The minimum Gasteiger partial charge on any atom is -0.324 e. The van der Waals surface area contributed by atoms with Gasteiger partial charge in [0.1, 0.15) is 0 Å². The van der Waals surface area contributed by atoms with Crippen molar-refractivity contribution in [1.29, 1.82) is 0 Å². The van der Waals surface area contributed by atoms with Gasteiger partial charge in [-0.15, -0.1) is 12.4 Å². The van der Waals surface area contributed by atoms with Crippen molar-refractivity contribution >= 4 is 41.5 Å². The Morgan fingerprint density at radius 2 is 1.88 bits per heavy atom. The highest BCUT2D eigenvalue weighted by Gasteiger charge is 2.34. The van der Waals surface area contributed by atoms with Crippen LogP contribution in [0.5, 0.6) is 0 Å². The number of para-hydroxylation sites is 1. The maximum absolute atomic E-state index is 13.8. The summed E-state index contributed by atoms with van der Waals surface area (Å²) in [7, 11) is 0. The van der Waals surface area contributed by atoms with Crippen molar-refractivity contribution < 1.29 is 9.59 Å². The third-order valence-electron chi connectivity index (χ3n) is 6.67. The zero-order chi connectivity index (χ0) is 21.2. The zero-order valence-electron chi connectivity index (χ0n) is 18.2. The van der Waals surface area contributed by atoms with Crippen LogP contribution in [-0.4, -0.2) is 59.4 Å². The number of urea groups is 1. The Balaban J connectivity index is 0.00000245. The number of hydrogen-bond acceptors (Lipinski definition) is 4. The van der Waals surface area contributed by atoms with E-state index in [0.717, 1.165) is 32.5 Å². The Labute approximate surface area is 195 Å². The molecule has 0 bridgehead atoms. The van der Waals surface area contributed by atoms with Gasteiger partial charge in [0, 0.05) is 19.3 Å². The summed E-state index contributed by atoms with van der Waals surface area (Å²) >= 11 is 0. The van der Waals surface area contributed by atoms with E-state index in [1.165, 1.54) is 32.4 Å². The molecule has 3 aliphatic rings. The molecule has 170 valence electrons. The molecule has 32 heavy (non-hydrogen) atoms. The van der Waals surface area contributed by atoms with E-state index < -0.39 is 0 Å². The Morgan fingerprint density at radius 3 is 2.72 bits per heavy atom. The van der Waals surface area contributed by atoms with Gasteiger partial charge in [-0.05, 0) is 81.9 Å². The summed E-state index contributed by atoms with van der Waals surface area (Å²) in [5.74, 6) is 0.774. The molecule has 7 nitrogen and oxygen atoms in total. The molecule has 0 radical (unpaired) electrons. The van der Waals surface area contributed by atoms with Crippen molar-refractivity contribution in [2.45, 2.75) is 32.1 Å². The summed E-state index contributed by atoms with van der Waals surface area (Å²) in [6.45, 7) is 5.05. The van der Waals surface area contributed by atoms with E-state index >= 15 is 0 Å². The highest BCUT2D eigenvalue weighted by molar-refractivity contribution is 6.16. The molecule has 1 atom stereocenters. The number of carbonyl (C=O) groups excluding carboxylic acids is 2. The van der Waals surface area contributed by atoms with Gasteiger partial charge in [-0.3, -0.25) is 4.79 Å². The molecular formula is C24H30ClN5O2. The van der Waals surface area contributed by atoms with E-state index in [1.54, 1.807) is 29.3 Å². The van der Waals surface area contributed by atoms with Crippen LogP contribution in [0, 0.1) is 5.92 Å². The second-order valence-corrected chi connectivity index (χ2v) is 8.76. The third-order valence-corrected chi connectivity index (χ3v) is 6.67. The molecule has 3 amide bonds. The molecule has 2 fully saturated rings. The van der Waals surface area contributed by atoms with Gasteiger partial charge in [-0.2, -0.15) is 0 Å². The molecule has 1 aromatic carbocycles. The molecular weight excluding hydrogens is 426 g/mol. The Morgan fingerprint density at radius 1 is 1.06 bits per heavy atom. The molecule has 1 unspecified atom stereocenters. The number of anilines is 3. The summed E-state index contributed by atoms with van der Waals surface area (Å²) in [6.07, 6.45) is 7.59. The average Bonchev–Trinajstić information content (AvgIpc) is 3.29. The van der Waals surface area contributed by atoms with Crippen LogP contribution in [0.25, 0.3) is 0 Å². The number of hydrogen-bond donors (Lipinski definition) is 1. The number of amides is 3. The van der Waals surface area contributed by atoms with Gasteiger partial charge < -0.3 is 15.1 Å². The third kappa shape index (κ3) is 4.45. The van der Waals surface area contributed by atoms with Gasteiger partial charge >= 0.3 is 6.03 Å². The van der Waals surface area contributed by atoms with Gasteiger partial charge in [-0.1, -0.05) is 12.1 Å². The molecule has 3 aliphatic heterocycles. The zero-order valence-corrected chi connectivity index (χ0v) is 19.0. The summed E-state index contributed by atoms with van der Waals surface area (Å²) < 4.78 is 0. The molecule has 1 N–H and O–H groups in total. The van der Waals surface area contributed by atoms with Crippen molar-refractivity contribution in [3.8, 4) is 0 Å². The second kappa shape index (κ2) is 9.88. The van der Waals surface area contributed by atoms with E-state index in [-0.39, 0.29) is 24.3 Å². The van der Waals surface area contributed by atoms with Crippen LogP contribution in [0.15, 0.2) is 42.6 Å². The Kier molecular flexibility index (Phi) is 6.96. The molecule has 2 aromatic rings. The monoisotopic (exact) mass is 455 g/mol. The first-order valence-corrected chi connectivity index (χ1v) is 11.4. The number of nitrogens with zero attached hydrogens (tertiary/aromatic N) is 4. The van der Waals surface area contributed by atoms with Crippen molar-refractivity contribution in [3.63, 3.8) is 0 Å². The van der Waals surface area contributed by atoms with Crippen LogP contribution in [0.3, 0.4) is 0 Å². The Bertz CT molecular complexity index is 978. The normalized spacial score (nSPS) is 20.6. The number of likely N-dealkylation sites (tertiary alicyclic amines) is 2. The molecule has 1 aromatic heterocycles. The number of aromatic nitrogens is 1. The van der Waals surface area contributed by atoms with Gasteiger partial charge in [0.15, 0.2) is 5.82 Å². The van der Waals surface area contributed by atoms with Crippen LogP contribution in [-0.2, 0) is 0 Å². The van der Waals surface area contributed by atoms with Crippen LogP contribution >= 0.6 is 12.4 Å². The predicted octanol–water partition coefficient (Wildman–Crippen LogP) is 4.53. The fraction of sp³-hybridized carbons (Fsp3) is 0.458. The van der Waals surface area contributed by atoms with Crippen molar-refractivity contribution in [2.24, 2.45) is 5.92 Å². The lowest BCUT2D eigenvalue weighted by Gasteiger charge is -2.36. The van der Waals surface area contributed by atoms with Crippen LogP contribution in [0.1, 0.15) is 42.5 Å². The van der Waals surface area contributed by atoms with Crippen molar-refractivity contribution in [3.05, 3.63) is 48.2 Å². The lowest BCUT2D eigenvalue weighted by atomic mass is 9.94. The molecule has 8 heteroatoms. The van der Waals surface area contributed by atoms with E-state index in [4.69, 9.17) is 0 Å². The Hall–Kier alpha value is -2.64. The number of pyridine rings is 1. The number of halogens is 1. The first kappa shape index (κ1) is 22.6. The van der Waals surface area contributed by atoms with Gasteiger partial charge in [-0.25, -0.2) is 14.7 Å². The number of piperidine rings is 1. The second-order valence-electron chi connectivity index (χ2n) is 8.76. The lowest BCUT2D eigenvalue weighted by Crippen LogP contribution is -2.46. The number of nitrogens with one attached hydrogen (secondary N) is 1. The maximum atomic E-state index is 13.8. The highest BCUT2D eigenvalue weighted by atomic mass is 35.5. The van der Waals surface area contributed by atoms with Gasteiger partial charge in [0.05, 0.1) is 16.9 Å². The molecule has 5 rings (SSSR count). The molecule has 2 saturated heterocycles. The fourth-order valence-electron chi connectivity index (χ4n) is 5.02. The van der Waals surface area contributed by atoms with E-state index in [9.17, 15) is 9.59 Å². The minimum atomic E-state index is -0.220. The van der Waals surface area contributed by atoms with E-state index in [1.807, 2.05) is 23.1 Å². The number of benzene rings is 1. The molecule has 0 spiro atoms. The topological polar surface area (TPSA) is 68.8 Å². The minimum absolute atomic E-state index is 0. The molecule has 0 aliphatic carbocycles. The first-order chi connectivity index (χ1) is 15.2. The highest BCUT2D eigenvalue weighted by Crippen LogP contribution is 2.37. The smallest absolute Gasteiger partial charge is 0.324 e. The lowest BCUT2D eigenvalue weighted by molar-refractivity contribution is 0.102. The van der Waals surface area contributed by atoms with Gasteiger partial charge in [0.25, 0.3) is 5.91 Å². The predicted molar refractivity (Wildman–Crippen MR) is 128 cm³/mol. The average molecular weight is 456 g/mol. The van der Waals surface area contributed by atoms with Crippen molar-refractivity contribution in [1.82, 2.24) is 14.8 Å². The maximum Gasteiger partial charge on any atom is 0.330 e. The summed E-state index contributed by atoms with van der Waals surface area (Å²) in [6, 6.07) is 10.7. The summed E-state index contributed by atoms with van der Waals surface area (Å²) in [5, 5.41) is 2.91. The molecule has 4 heterocycles. The van der Waals surface area contributed by atoms with E-state index in [0.29, 0.717) is 28.7 Å². The van der Waals surface area contributed by atoms with E-state index in [2.05, 4.69) is 15.2 Å². The summed E-state index contributed by atoms with van der Waals surface area (Å²) in [5.41, 5.74) is 1.62. The standard InChI is InChI=1S/C24H29N5O2.ClH/c30-23-19-8-1-2-10-21(19)29(22-20(26-23)9-5-12-25-22)24(31)28-15-6-7-18(17-28)11-16-27-13-3-4-14-27;/h1-2,5,8-10,12,18H,3-4,6-7,11,13-17H2,(H,26,30);1H. The van der Waals surface area contributed by atoms with Crippen LogP contribution in [0.2, 0.25) is 0 Å². The quantitative estimate of drug-likeness (QED) is 0.738. The largest absolute Gasteiger partial charge is 0.330 e. The van der Waals surface area contributed by atoms with Gasteiger partial charge in [0.2, 0.25) is 0 Å². The van der Waals surface area contributed by atoms with Crippen LogP contribution in [0.4, 0.5) is 22.0 Å². The number of fused-ring (bicyclic) bond motifs is 2. The number of rotatable bonds is 3. The molecule has 0 saturated carbocycles. The SMILES string of the molecule is Cl.O=C1Nc2cccnc2N(C(=O)N2CCCC(CCN3CCCC3)C2)c2ccccc21. The summed E-state index contributed by atoms with van der Waals surface area (Å²) in [4.78, 5) is 37.2. The fourth-order valence-corrected chi connectivity index (χ4v) is 5.02. The van der Waals surface area contributed by atoms with Crippen molar-refractivity contribution in [2.75, 3.05) is 42.9 Å². The van der Waals surface area contributed by atoms with Crippen LogP contribution < -0.4 is 10.2 Å².